The van der Waals surface area contributed by atoms with Gasteiger partial charge in [-0.05, 0) is 6.92 Å². The van der Waals surface area contributed by atoms with E-state index >= 15 is 0 Å². The van der Waals surface area contributed by atoms with Gasteiger partial charge in [0.2, 0.25) is 0 Å². The number of nitrogens with zero attached hydrogens (tertiary/aromatic N) is 4. The summed E-state index contributed by atoms with van der Waals surface area (Å²) in [6.07, 6.45) is 1.48. The van der Waals surface area contributed by atoms with Crippen molar-refractivity contribution in [3.63, 3.8) is 0 Å². The van der Waals surface area contributed by atoms with Crippen molar-refractivity contribution in [2.75, 3.05) is 11.9 Å². The summed E-state index contributed by atoms with van der Waals surface area (Å²) in [4.78, 5) is 8.27. The van der Waals surface area contributed by atoms with E-state index in [4.69, 9.17) is 0 Å². The maximum absolute atomic E-state index is 4.24. The Morgan fingerprint density at radius 3 is 3.20 bits per heavy atom. The first-order valence-corrected chi connectivity index (χ1v) is 5.20. The molecule has 0 amide bonds. The van der Waals surface area contributed by atoms with Gasteiger partial charge in [-0.3, -0.25) is 0 Å². The van der Waals surface area contributed by atoms with Crippen molar-refractivity contribution in [3.8, 4) is 0 Å². The van der Waals surface area contributed by atoms with Gasteiger partial charge in [-0.1, -0.05) is 22.5 Å². The van der Waals surface area contributed by atoms with Crippen molar-refractivity contribution >= 4 is 27.5 Å². The van der Waals surface area contributed by atoms with Gasteiger partial charge in [0.25, 0.3) is 5.78 Å². The first-order valence-electron chi connectivity index (χ1n) is 4.41. The zero-order valence-electron chi connectivity index (χ0n) is 8.24. The molecule has 15 heavy (non-hydrogen) atoms. The van der Waals surface area contributed by atoms with Crippen LogP contribution in [0.15, 0.2) is 23.5 Å². The van der Waals surface area contributed by atoms with Crippen molar-refractivity contribution in [1.29, 1.82) is 0 Å². The summed E-state index contributed by atoms with van der Waals surface area (Å²) in [7, 11) is 0. The average Bonchev–Trinajstić information content (AvgIpc) is 2.61. The highest BCUT2D eigenvalue weighted by atomic mass is 79.9. The van der Waals surface area contributed by atoms with Crippen LogP contribution >= 0.6 is 15.9 Å². The Hall–Kier alpha value is -1.43. The van der Waals surface area contributed by atoms with Gasteiger partial charge in [-0.2, -0.15) is 14.6 Å². The van der Waals surface area contributed by atoms with Crippen molar-refractivity contribution in [2.45, 2.75) is 6.92 Å². The van der Waals surface area contributed by atoms with E-state index in [1.54, 1.807) is 4.52 Å². The highest BCUT2D eigenvalue weighted by Crippen LogP contribution is 2.11. The van der Waals surface area contributed by atoms with Crippen LogP contribution in [0, 0.1) is 6.92 Å². The smallest absolute Gasteiger partial charge is 0.254 e. The van der Waals surface area contributed by atoms with Crippen LogP contribution in [-0.4, -0.2) is 26.1 Å². The second-order valence-corrected chi connectivity index (χ2v) is 4.25. The summed E-state index contributed by atoms with van der Waals surface area (Å²) < 4.78 is 2.54. The first kappa shape index (κ1) is 10.1. The maximum atomic E-state index is 4.24. The highest BCUT2D eigenvalue weighted by molar-refractivity contribution is 9.11. The Morgan fingerprint density at radius 1 is 1.67 bits per heavy atom. The first-order chi connectivity index (χ1) is 7.16. The van der Waals surface area contributed by atoms with Crippen LogP contribution in [-0.2, 0) is 0 Å². The molecule has 2 aromatic heterocycles. The van der Waals surface area contributed by atoms with E-state index in [1.165, 1.54) is 6.33 Å². The zero-order chi connectivity index (χ0) is 10.8. The fourth-order valence-corrected chi connectivity index (χ4v) is 1.38. The molecule has 0 aromatic carbocycles. The number of rotatable bonds is 3. The van der Waals surface area contributed by atoms with Gasteiger partial charge in [0.05, 0.1) is 0 Å². The Kier molecular flexibility index (Phi) is 2.68. The number of anilines is 1. The molecule has 0 aliphatic rings. The van der Waals surface area contributed by atoms with Crippen molar-refractivity contribution in [2.24, 2.45) is 0 Å². The lowest BCUT2D eigenvalue weighted by atomic mass is 10.4. The number of halogens is 1. The molecule has 2 aromatic rings. The molecule has 78 valence electrons. The quantitative estimate of drug-likeness (QED) is 0.921. The summed E-state index contributed by atoms with van der Waals surface area (Å²) in [5.41, 5.74) is 0.901. The summed E-state index contributed by atoms with van der Waals surface area (Å²) in [5, 5.41) is 7.26. The summed E-state index contributed by atoms with van der Waals surface area (Å²) in [5.74, 6) is 1.45. The third kappa shape index (κ3) is 2.15. The second-order valence-electron chi connectivity index (χ2n) is 3.13. The van der Waals surface area contributed by atoms with Gasteiger partial charge in [-0.25, -0.2) is 4.98 Å². The van der Waals surface area contributed by atoms with Gasteiger partial charge in [-0.15, -0.1) is 0 Å². The average molecular weight is 268 g/mol. The molecular weight excluding hydrogens is 258 g/mol. The molecule has 0 radical (unpaired) electrons. The third-order valence-electron chi connectivity index (χ3n) is 1.84. The minimum Gasteiger partial charge on any atom is -0.365 e. The molecule has 0 fully saturated rings. The Morgan fingerprint density at radius 2 is 2.47 bits per heavy atom. The summed E-state index contributed by atoms with van der Waals surface area (Å²) >= 11 is 3.29. The van der Waals surface area contributed by atoms with Gasteiger partial charge in [0, 0.05) is 22.8 Å². The topological polar surface area (TPSA) is 55.1 Å². The lowest BCUT2D eigenvalue weighted by molar-refractivity contribution is 0.927. The molecule has 5 nitrogen and oxygen atoms in total. The van der Waals surface area contributed by atoms with Crippen molar-refractivity contribution < 1.29 is 0 Å². The van der Waals surface area contributed by atoms with Crippen LogP contribution in [0.25, 0.3) is 5.78 Å². The maximum Gasteiger partial charge on any atom is 0.254 e. The largest absolute Gasteiger partial charge is 0.365 e. The molecular formula is C9H10BrN5. The predicted molar refractivity (Wildman–Crippen MR) is 62.1 cm³/mol. The van der Waals surface area contributed by atoms with Gasteiger partial charge in [0.15, 0.2) is 0 Å². The number of aryl methyl sites for hydroxylation is 1. The normalized spacial score (nSPS) is 10.5. The third-order valence-corrected chi connectivity index (χ3v) is 2.12. The molecule has 0 bridgehead atoms. The standard InChI is InChI=1S/C9H10BrN5/c1-6(10)4-11-8-3-7(2)14-9-12-5-13-15(8)9/h3,5,11H,1,4H2,2H3. The van der Waals surface area contributed by atoms with Gasteiger partial charge >= 0.3 is 0 Å². The molecule has 0 aliphatic carbocycles. The molecule has 1 N–H and O–H groups in total. The fraction of sp³-hybridized carbons (Fsp3) is 0.222. The lowest BCUT2D eigenvalue weighted by Gasteiger charge is -2.07. The Labute approximate surface area is 95.4 Å². The van der Waals surface area contributed by atoms with Gasteiger partial charge in [0.1, 0.15) is 12.1 Å². The molecule has 2 rings (SSSR count). The minimum atomic E-state index is 0.595. The van der Waals surface area contributed by atoms with E-state index in [2.05, 4.69) is 42.9 Å². The van der Waals surface area contributed by atoms with E-state index in [9.17, 15) is 0 Å². The number of hydrogen-bond donors (Lipinski definition) is 1. The number of hydrogen-bond acceptors (Lipinski definition) is 4. The van der Waals surface area contributed by atoms with Crippen LogP contribution in [0.1, 0.15) is 5.69 Å². The van der Waals surface area contributed by atoms with Crippen LogP contribution < -0.4 is 5.32 Å². The Bertz CT molecular complexity index is 504. The zero-order valence-corrected chi connectivity index (χ0v) is 9.82. The number of fused-ring (bicyclic) bond motifs is 1. The molecule has 0 unspecified atom stereocenters. The van der Waals surface area contributed by atoms with E-state index < -0.39 is 0 Å². The molecule has 0 saturated carbocycles. The lowest BCUT2D eigenvalue weighted by Crippen LogP contribution is -2.07. The Balaban J connectivity index is 2.39. The molecule has 0 aliphatic heterocycles. The van der Waals surface area contributed by atoms with E-state index in [1.807, 2.05) is 13.0 Å². The molecule has 0 spiro atoms. The summed E-state index contributed by atoms with van der Waals surface area (Å²) in [6.45, 7) is 6.31. The van der Waals surface area contributed by atoms with E-state index in [-0.39, 0.29) is 0 Å². The predicted octanol–water partition coefficient (Wildman–Crippen LogP) is 1.75. The number of nitrogens with one attached hydrogen (secondary N) is 1. The van der Waals surface area contributed by atoms with Crippen LogP contribution in [0.5, 0.6) is 0 Å². The van der Waals surface area contributed by atoms with Crippen molar-refractivity contribution in [3.05, 3.63) is 29.1 Å². The molecule has 6 heteroatoms. The minimum absolute atomic E-state index is 0.595. The summed E-state index contributed by atoms with van der Waals surface area (Å²) in [6, 6.07) is 1.91. The monoisotopic (exact) mass is 267 g/mol. The van der Waals surface area contributed by atoms with E-state index in [0.717, 1.165) is 16.0 Å². The van der Waals surface area contributed by atoms with Crippen LogP contribution in [0.4, 0.5) is 5.82 Å². The molecule has 2 heterocycles. The van der Waals surface area contributed by atoms with Crippen molar-refractivity contribution in [1.82, 2.24) is 19.6 Å². The van der Waals surface area contributed by atoms with Crippen LogP contribution in [0.2, 0.25) is 0 Å². The SMILES string of the molecule is C=C(Br)CNc1cc(C)nc2ncnn12. The highest BCUT2D eigenvalue weighted by Gasteiger charge is 2.04. The second kappa shape index (κ2) is 3.98. The molecule has 0 atom stereocenters. The molecule has 0 saturated heterocycles. The van der Waals surface area contributed by atoms with Gasteiger partial charge < -0.3 is 5.32 Å². The number of aromatic nitrogens is 4. The fourth-order valence-electron chi connectivity index (χ4n) is 1.24. The van der Waals surface area contributed by atoms with E-state index in [0.29, 0.717) is 12.3 Å². The van der Waals surface area contributed by atoms with Crippen LogP contribution in [0.3, 0.4) is 0 Å².